The summed E-state index contributed by atoms with van der Waals surface area (Å²) in [6.07, 6.45) is -0.615. The first-order valence-electron chi connectivity index (χ1n) is 8.78. The Kier molecular flexibility index (Phi) is 4.84. The Morgan fingerprint density at radius 1 is 1.24 bits per heavy atom. The molecule has 0 bridgehead atoms. The van der Waals surface area contributed by atoms with Gasteiger partial charge in [0, 0.05) is 25.2 Å². The number of benzene rings is 1. The summed E-state index contributed by atoms with van der Waals surface area (Å²) in [6, 6.07) is 7.49. The summed E-state index contributed by atoms with van der Waals surface area (Å²) >= 11 is 0. The number of carbonyl (C=O) groups is 2. The first-order valence-corrected chi connectivity index (χ1v) is 8.78. The Balaban J connectivity index is 1.71. The summed E-state index contributed by atoms with van der Waals surface area (Å²) in [7, 11) is 0. The van der Waals surface area contributed by atoms with Gasteiger partial charge in [-0.2, -0.15) is 0 Å². The minimum absolute atomic E-state index is 0.00601. The molecule has 1 saturated heterocycles. The Morgan fingerprint density at radius 3 is 2.72 bits per heavy atom. The molecule has 25 heavy (non-hydrogen) atoms. The van der Waals surface area contributed by atoms with Gasteiger partial charge in [0.15, 0.2) is 0 Å². The third kappa shape index (κ3) is 3.85. The number of amides is 2. The summed E-state index contributed by atoms with van der Waals surface area (Å²) < 4.78 is 0. The first kappa shape index (κ1) is 17.9. The van der Waals surface area contributed by atoms with E-state index in [-0.39, 0.29) is 30.3 Å². The molecular weight excluding hydrogens is 320 g/mol. The van der Waals surface area contributed by atoms with E-state index in [0.717, 1.165) is 12.0 Å². The molecule has 0 aromatic heterocycles. The average Bonchev–Trinajstić information content (AvgIpc) is 2.66. The minimum Gasteiger partial charge on any atom is -0.390 e. The predicted molar refractivity (Wildman–Crippen MR) is 93.0 cm³/mol. The molecule has 2 aliphatic rings. The van der Waals surface area contributed by atoms with E-state index in [9.17, 15) is 19.8 Å². The Morgan fingerprint density at radius 2 is 1.96 bits per heavy atom. The van der Waals surface area contributed by atoms with E-state index in [4.69, 9.17) is 0 Å². The lowest BCUT2D eigenvalue weighted by atomic mass is 9.86. The summed E-state index contributed by atoms with van der Waals surface area (Å²) in [5, 5.41) is 20.1. The van der Waals surface area contributed by atoms with Gasteiger partial charge in [-0.15, -0.1) is 0 Å². The maximum atomic E-state index is 12.8. The van der Waals surface area contributed by atoms with Crippen molar-refractivity contribution in [3.05, 3.63) is 35.4 Å². The molecule has 2 N–H and O–H groups in total. The molecule has 1 aromatic carbocycles. The van der Waals surface area contributed by atoms with E-state index in [2.05, 4.69) is 0 Å². The van der Waals surface area contributed by atoms with Crippen molar-refractivity contribution < 1.29 is 19.8 Å². The molecule has 0 aliphatic carbocycles. The lowest BCUT2D eigenvalue weighted by molar-refractivity contribution is -0.134. The second kappa shape index (κ2) is 6.77. The lowest BCUT2D eigenvalue weighted by Crippen LogP contribution is -2.48. The van der Waals surface area contributed by atoms with Crippen LogP contribution in [0.4, 0.5) is 0 Å². The second-order valence-electron chi connectivity index (χ2n) is 7.91. The zero-order valence-electron chi connectivity index (χ0n) is 14.8. The van der Waals surface area contributed by atoms with Gasteiger partial charge in [0.25, 0.3) is 5.91 Å². The molecule has 2 heterocycles. The molecule has 1 aromatic rings. The van der Waals surface area contributed by atoms with Crippen LogP contribution in [0.15, 0.2) is 24.3 Å². The number of nitrogens with zero attached hydrogens (tertiary/aromatic N) is 2. The van der Waals surface area contributed by atoms with Gasteiger partial charge in [-0.25, -0.2) is 0 Å². The number of likely N-dealkylation sites (tertiary alicyclic amines) is 1. The fourth-order valence-corrected chi connectivity index (χ4v) is 3.77. The third-order valence-electron chi connectivity index (χ3n) is 5.10. The number of aliphatic hydroxyl groups excluding tert-OH is 2. The minimum atomic E-state index is -0.955. The maximum absolute atomic E-state index is 12.8. The normalized spacial score (nSPS) is 26.2. The smallest absolute Gasteiger partial charge is 0.254 e. The molecule has 6 heteroatoms. The second-order valence-corrected chi connectivity index (χ2v) is 7.91. The topological polar surface area (TPSA) is 81.1 Å². The largest absolute Gasteiger partial charge is 0.390 e. The highest BCUT2D eigenvalue weighted by Crippen LogP contribution is 2.29. The van der Waals surface area contributed by atoms with Crippen molar-refractivity contribution in [3.8, 4) is 0 Å². The van der Waals surface area contributed by atoms with Crippen LogP contribution in [0.25, 0.3) is 0 Å². The number of hydrogen-bond donors (Lipinski definition) is 2. The van der Waals surface area contributed by atoms with Crippen LogP contribution in [0.5, 0.6) is 0 Å². The van der Waals surface area contributed by atoms with Crippen LogP contribution in [0, 0.1) is 5.41 Å². The quantitative estimate of drug-likeness (QED) is 0.825. The molecule has 2 amide bonds. The number of rotatable bonds is 2. The predicted octanol–water partition coefficient (Wildman–Crippen LogP) is 0.665. The van der Waals surface area contributed by atoms with Crippen molar-refractivity contribution in [2.75, 3.05) is 26.2 Å². The highest BCUT2D eigenvalue weighted by molar-refractivity contribution is 5.98. The van der Waals surface area contributed by atoms with Crippen LogP contribution in [0.3, 0.4) is 0 Å². The highest BCUT2D eigenvalue weighted by Gasteiger charge is 2.36. The number of hydrogen-bond acceptors (Lipinski definition) is 4. The Labute approximate surface area is 148 Å². The first-order chi connectivity index (χ1) is 11.8. The zero-order chi connectivity index (χ0) is 18.2. The van der Waals surface area contributed by atoms with E-state index in [1.54, 1.807) is 15.9 Å². The molecule has 6 nitrogen and oxygen atoms in total. The van der Waals surface area contributed by atoms with Crippen molar-refractivity contribution in [1.29, 1.82) is 0 Å². The van der Waals surface area contributed by atoms with Crippen LogP contribution >= 0.6 is 0 Å². The van der Waals surface area contributed by atoms with Gasteiger partial charge >= 0.3 is 0 Å². The summed E-state index contributed by atoms with van der Waals surface area (Å²) in [5.41, 5.74) is 1.39. The summed E-state index contributed by atoms with van der Waals surface area (Å²) in [6.45, 7) is 5.02. The summed E-state index contributed by atoms with van der Waals surface area (Å²) in [4.78, 5) is 28.5. The lowest BCUT2D eigenvalue weighted by Gasteiger charge is -2.33. The molecule has 2 atom stereocenters. The van der Waals surface area contributed by atoms with Gasteiger partial charge in [0.1, 0.15) is 6.54 Å². The van der Waals surface area contributed by atoms with Crippen LogP contribution in [0.2, 0.25) is 0 Å². The van der Waals surface area contributed by atoms with Gasteiger partial charge in [-0.05, 0) is 29.9 Å². The summed E-state index contributed by atoms with van der Waals surface area (Å²) in [5.74, 6) is -0.307. The molecule has 0 radical (unpaired) electrons. The monoisotopic (exact) mass is 346 g/mol. The SMILES string of the molecule is CC1(C)C[C@@H](O)[C@@H](O)CN(C(=O)CN2CCc3ccccc3C2=O)C1. The van der Waals surface area contributed by atoms with Crippen LogP contribution in [-0.2, 0) is 11.2 Å². The van der Waals surface area contributed by atoms with Gasteiger partial charge < -0.3 is 20.0 Å². The van der Waals surface area contributed by atoms with Crippen molar-refractivity contribution >= 4 is 11.8 Å². The van der Waals surface area contributed by atoms with E-state index in [1.807, 2.05) is 32.0 Å². The maximum Gasteiger partial charge on any atom is 0.254 e. The molecule has 0 spiro atoms. The molecule has 2 aliphatic heterocycles. The van der Waals surface area contributed by atoms with Crippen molar-refractivity contribution in [2.45, 2.75) is 38.9 Å². The van der Waals surface area contributed by atoms with Crippen molar-refractivity contribution in [1.82, 2.24) is 9.80 Å². The zero-order valence-corrected chi connectivity index (χ0v) is 14.8. The van der Waals surface area contributed by atoms with Crippen molar-refractivity contribution in [2.24, 2.45) is 5.41 Å². The standard InChI is InChI=1S/C19H26N2O4/c1-19(2)9-15(22)16(23)10-21(12-19)17(24)11-20-8-7-13-5-3-4-6-14(13)18(20)25/h3-6,15-16,22-23H,7-12H2,1-2H3/t15-,16+/m1/s1. The molecule has 0 unspecified atom stereocenters. The third-order valence-corrected chi connectivity index (χ3v) is 5.10. The molecular formula is C19H26N2O4. The van der Waals surface area contributed by atoms with Gasteiger partial charge in [-0.3, -0.25) is 9.59 Å². The van der Waals surface area contributed by atoms with E-state index < -0.39 is 12.2 Å². The Bertz CT molecular complexity index is 673. The van der Waals surface area contributed by atoms with Gasteiger partial charge in [0.2, 0.25) is 5.91 Å². The van der Waals surface area contributed by atoms with Gasteiger partial charge in [0.05, 0.1) is 12.2 Å². The van der Waals surface area contributed by atoms with Gasteiger partial charge in [-0.1, -0.05) is 32.0 Å². The molecule has 136 valence electrons. The molecule has 1 fully saturated rings. The van der Waals surface area contributed by atoms with Crippen molar-refractivity contribution in [3.63, 3.8) is 0 Å². The van der Waals surface area contributed by atoms with Crippen LogP contribution in [0.1, 0.15) is 36.2 Å². The van der Waals surface area contributed by atoms with E-state index in [1.165, 1.54) is 0 Å². The highest BCUT2D eigenvalue weighted by atomic mass is 16.3. The molecule has 0 saturated carbocycles. The number of carbonyl (C=O) groups excluding carboxylic acids is 2. The van der Waals surface area contributed by atoms with Crippen LogP contribution in [-0.4, -0.2) is 70.2 Å². The number of fused-ring (bicyclic) bond motifs is 1. The fourth-order valence-electron chi connectivity index (χ4n) is 3.77. The van der Waals surface area contributed by atoms with E-state index >= 15 is 0 Å². The number of aliphatic hydroxyl groups is 2. The number of β-amino-alcohol motifs (C(OH)–C–C–N with tert-alkyl or cyclic N) is 1. The van der Waals surface area contributed by atoms with Crippen LogP contribution < -0.4 is 0 Å². The molecule has 3 rings (SSSR count). The Hall–Kier alpha value is -1.92. The fraction of sp³-hybridized carbons (Fsp3) is 0.579. The average molecular weight is 346 g/mol. The van der Waals surface area contributed by atoms with E-state index in [0.29, 0.717) is 25.1 Å².